The summed E-state index contributed by atoms with van der Waals surface area (Å²) in [7, 11) is 3.07. The number of piperazine rings is 1. The van der Waals surface area contributed by atoms with Crippen LogP contribution in [0.5, 0.6) is 11.5 Å². The third-order valence-electron chi connectivity index (χ3n) is 6.56. The van der Waals surface area contributed by atoms with Gasteiger partial charge in [0.1, 0.15) is 11.9 Å². The SMILES string of the molecule is COc1cc2nc(=S)n3c(c2cc1OC)NC(=O)C3CCC(=O)N1CCN(C(=O)c2ccco2)CC1. The number of carbonyl (C=O) groups is 3. The smallest absolute Gasteiger partial charge is 0.289 e. The molecule has 2 aliphatic heterocycles. The molecule has 36 heavy (non-hydrogen) atoms. The molecule has 188 valence electrons. The molecular weight excluding hydrogens is 486 g/mol. The monoisotopic (exact) mass is 511 g/mol. The summed E-state index contributed by atoms with van der Waals surface area (Å²) in [5.74, 6) is 1.32. The van der Waals surface area contributed by atoms with E-state index in [0.717, 1.165) is 0 Å². The molecule has 1 saturated heterocycles. The van der Waals surface area contributed by atoms with Gasteiger partial charge in [-0.25, -0.2) is 4.98 Å². The Bertz CT molecular complexity index is 1390. The first-order chi connectivity index (χ1) is 17.4. The fourth-order valence-electron chi connectivity index (χ4n) is 4.66. The lowest BCUT2D eigenvalue weighted by Gasteiger charge is -2.34. The molecule has 2 aromatic heterocycles. The van der Waals surface area contributed by atoms with E-state index in [2.05, 4.69) is 10.3 Å². The van der Waals surface area contributed by atoms with Crippen LogP contribution in [0.25, 0.3) is 10.9 Å². The van der Waals surface area contributed by atoms with E-state index in [-0.39, 0.29) is 41.1 Å². The van der Waals surface area contributed by atoms with Crippen LogP contribution in [0.3, 0.4) is 0 Å². The number of nitrogens with one attached hydrogen (secondary N) is 1. The third-order valence-corrected chi connectivity index (χ3v) is 6.85. The molecule has 0 spiro atoms. The number of benzene rings is 1. The quantitative estimate of drug-likeness (QED) is 0.502. The zero-order valence-corrected chi connectivity index (χ0v) is 20.7. The summed E-state index contributed by atoms with van der Waals surface area (Å²) in [6.45, 7) is 1.69. The number of nitrogens with zero attached hydrogens (tertiary/aromatic N) is 4. The zero-order valence-electron chi connectivity index (χ0n) is 19.9. The average molecular weight is 512 g/mol. The van der Waals surface area contributed by atoms with Gasteiger partial charge in [-0.15, -0.1) is 0 Å². The molecule has 1 unspecified atom stereocenters. The summed E-state index contributed by atoms with van der Waals surface area (Å²) in [4.78, 5) is 46.1. The molecular formula is C24H25N5O6S. The number of aromatic nitrogens is 2. The van der Waals surface area contributed by atoms with Crippen molar-refractivity contribution in [2.75, 3.05) is 45.7 Å². The van der Waals surface area contributed by atoms with Crippen LogP contribution in [0.4, 0.5) is 5.82 Å². The topological polar surface area (TPSA) is 119 Å². The average Bonchev–Trinajstić information content (AvgIpc) is 3.55. The van der Waals surface area contributed by atoms with Crippen molar-refractivity contribution in [2.24, 2.45) is 0 Å². The highest BCUT2D eigenvalue weighted by Gasteiger charge is 2.34. The molecule has 0 radical (unpaired) electrons. The van der Waals surface area contributed by atoms with Crippen LogP contribution in [0.2, 0.25) is 0 Å². The highest BCUT2D eigenvalue weighted by atomic mass is 32.1. The molecule has 0 bridgehead atoms. The second-order valence-corrected chi connectivity index (χ2v) is 8.90. The third kappa shape index (κ3) is 4.17. The van der Waals surface area contributed by atoms with Gasteiger partial charge in [0, 0.05) is 44.1 Å². The molecule has 1 atom stereocenters. The number of carbonyl (C=O) groups excluding carboxylic acids is 3. The molecule has 1 fully saturated rings. The van der Waals surface area contributed by atoms with Gasteiger partial charge in [-0.2, -0.15) is 0 Å². The Morgan fingerprint density at radius 2 is 1.83 bits per heavy atom. The van der Waals surface area contributed by atoms with Gasteiger partial charge in [-0.3, -0.25) is 19.0 Å². The Balaban J connectivity index is 1.28. The minimum absolute atomic E-state index is 0.0759. The maximum Gasteiger partial charge on any atom is 0.289 e. The molecule has 1 N–H and O–H groups in total. The Labute approximate surface area is 211 Å². The van der Waals surface area contributed by atoms with Crippen molar-refractivity contribution in [3.63, 3.8) is 0 Å². The first-order valence-electron chi connectivity index (χ1n) is 11.5. The molecule has 3 aromatic rings. The van der Waals surface area contributed by atoms with Gasteiger partial charge < -0.3 is 29.0 Å². The van der Waals surface area contributed by atoms with Crippen LogP contribution >= 0.6 is 12.2 Å². The first kappa shape index (κ1) is 23.8. The van der Waals surface area contributed by atoms with Crippen LogP contribution in [0, 0.1) is 4.77 Å². The molecule has 2 aliphatic rings. The predicted octanol–water partition coefficient (Wildman–Crippen LogP) is 2.63. The normalized spacial score (nSPS) is 17.2. The number of amides is 3. The molecule has 5 rings (SSSR count). The summed E-state index contributed by atoms with van der Waals surface area (Å²) < 4.78 is 17.8. The lowest BCUT2D eigenvalue weighted by Crippen LogP contribution is -2.50. The van der Waals surface area contributed by atoms with E-state index in [4.69, 9.17) is 26.1 Å². The Morgan fingerprint density at radius 3 is 2.50 bits per heavy atom. The van der Waals surface area contributed by atoms with Crippen molar-refractivity contribution in [1.82, 2.24) is 19.4 Å². The summed E-state index contributed by atoms with van der Waals surface area (Å²) in [5.41, 5.74) is 0.572. The van der Waals surface area contributed by atoms with Crippen molar-refractivity contribution in [1.29, 1.82) is 0 Å². The van der Waals surface area contributed by atoms with Crippen molar-refractivity contribution in [3.05, 3.63) is 41.1 Å². The summed E-state index contributed by atoms with van der Waals surface area (Å²) in [6.07, 6.45) is 1.90. The van der Waals surface area contributed by atoms with Crippen LogP contribution in [0.15, 0.2) is 34.9 Å². The Hall–Kier alpha value is -3.93. The summed E-state index contributed by atoms with van der Waals surface area (Å²) in [6, 6.07) is 6.11. The Morgan fingerprint density at radius 1 is 1.14 bits per heavy atom. The summed E-state index contributed by atoms with van der Waals surface area (Å²) >= 11 is 5.50. The van der Waals surface area contributed by atoms with Crippen molar-refractivity contribution < 1.29 is 28.3 Å². The maximum absolute atomic E-state index is 12.9. The lowest BCUT2D eigenvalue weighted by molar-refractivity contribution is -0.133. The number of anilines is 1. The minimum atomic E-state index is -0.650. The molecule has 0 saturated carbocycles. The highest BCUT2D eigenvalue weighted by Crippen LogP contribution is 2.38. The van der Waals surface area contributed by atoms with Crippen LogP contribution in [0.1, 0.15) is 29.4 Å². The second-order valence-electron chi connectivity index (χ2n) is 8.53. The summed E-state index contributed by atoms with van der Waals surface area (Å²) in [5, 5.41) is 3.57. The molecule has 4 heterocycles. The standard InChI is InChI=1S/C24H25N5O6S/c1-33-18-12-14-15(13-19(18)34-2)25-24(36)29-16(22(31)26-21(14)29)5-6-20(30)27-7-9-28(10-8-27)23(32)17-4-3-11-35-17/h3-4,11-13,16H,5-10H2,1-2H3,(H,26,31). The van der Waals surface area contributed by atoms with Gasteiger partial charge >= 0.3 is 0 Å². The maximum atomic E-state index is 12.9. The second kappa shape index (κ2) is 9.61. The fourth-order valence-corrected chi connectivity index (χ4v) is 4.98. The van der Waals surface area contributed by atoms with Crippen molar-refractivity contribution >= 4 is 46.7 Å². The molecule has 11 nitrogen and oxygen atoms in total. The van der Waals surface area contributed by atoms with Gasteiger partial charge in [0.05, 0.1) is 26.0 Å². The van der Waals surface area contributed by atoms with Gasteiger partial charge in [0.15, 0.2) is 17.3 Å². The van der Waals surface area contributed by atoms with Crippen LogP contribution < -0.4 is 14.8 Å². The number of hydrogen-bond acceptors (Lipinski definition) is 8. The molecule has 12 heteroatoms. The molecule has 1 aromatic carbocycles. The first-order valence-corrected chi connectivity index (χ1v) is 11.9. The van der Waals surface area contributed by atoms with E-state index in [0.29, 0.717) is 54.4 Å². The van der Waals surface area contributed by atoms with Crippen molar-refractivity contribution in [2.45, 2.75) is 18.9 Å². The highest BCUT2D eigenvalue weighted by molar-refractivity contribution is 7.71. The minimum Gasteiger partial charge on any atom is -0.493 e. The number of ether oxygens (including phenoxy) is 2. The van der Waals surface area contributed by atoms with Gasteiger partial charge in [0.2, 0.25) is 16.6 Å². The number of fused-ring (bicyclic) bond motifs is 3. The van der Waals surface area contributed by atoms with E-state index in [1.807, 2.05) is 0 Å². The van der Waals surface area contributed by atoms with Gasteiger partial charge in [-0.1, -0.05) is 0 Å². The molecule has 0 aliphatic carbocycles. The number of hydrogen-bond donors (Lipinski definition) is 1. The van der Waals surface area contributed by atoms with Crippen molar-refractivity contribution in [3.8, 4) is 11.5 Å². The largest absolute Gasteiger partial charge is 0.493 e. The van der Waals surface area contributed by atoms with E-state index in [1.54, 1.807) is 38.6 Å². The van der Waals surface area contributed by atoms with E-state index < -0.39 is 6.04 Å². The van der Waals surface area contributed by atoms with E-state index >= 15 is 0 Å². The van der Waals surface area contributed by atoms with Crippen LogP contribution in [-0.2, 0) is 9.59 Å². The number of methoxy groups -OCH3 is 2. The van der Waals surface area contributed by atoms with E-state index in [1.165, 1.54) is 20.5 Å². The van der Waals surface area contributed by atoms with Gasteiger partial charge in [0.25, 0.3) is 5.91 Å². The fraction of sp³-hybridized carbons (Fsp3) is 0.375. The Kier molecular flexibility index (Phi) is 6.35. The predicted molar refractivity (Wildman–Crippen MR) is 132 cm³/mol. The van der Waals surface area contributed by atoms with Gasteiger partial charge in [-0.05, 0) is 36.8 Å². The molecule has 3 amide bonds. The number of rotatable bonds is 6. The van der Waals surface area contributed by atoms with E-state index in [9.17, 15) is 14.4 Å². The zero-order chi connectivity index (χ0) is 25.4. The lowest BCUT2D eigenvalue weighted by atomic mass is 10.1. The van der Waals surface area contributed by atoms with Crippen LogP contribution in [-0.4, -0.2) is 77.5 Å². The number of furan rings is 1.